The normalized spacial score (nSPS) is 19.7. The summed E-state index contributed by atoms with van der Waals surface area (Å²) in [5.41, 5.74) is 10.6. The average Bonchev–Trinajstić information content (AvgIpc) is 3.45. The molecule has 176 valence electrons. The Morgan fingerprint density at radius 1 is 0.853 bits per heavy atom. The van der Waals surface area contributed by atoms with E-state index in [0.29, 0.717) is 5.92 Å². The van der Waals surface area contributed by atoms with Crippen molar-refractivity contribution in [2.24, 2.45) is 7.05 Å². The fourth-order valence-corrected chi connectivity index (χ4v) is 6.79. The minimum absolute atomic E-state index is 0.112. The van der Waals surface area contributed by atoms with Gasteiger partial charge >= 0.3 is 0 Å². The molecule has 0 saturated heterocycles. The van der Waals surface area contributed by atoms with Crippen LogP contribution in [0.2, 0.25) is 0 Å². The lowest BCUT2D eigenvalue weighted by atomic mass is 9.63. The fourth-order valence-electron chi connectivity index (χ4n) is 6.79. The number of aromatic nitrogens is 1. The molecule has 1 fully saturated rings. The molecule has 1 saturated carbocycles. The van der Waals surface area contributed by atoms with Crippen molar-refractivity contribution in [2.45, 2.75) is 89.9 Å². The standard InChI is InChI=1S/C32H38NO/c1-20-11-12-23-24-13-14-25-28(32(4,5)17-16-31(25,2)3)30(24)34-29(23)27(20)26-19-22(15-18-33(26)6)21-9-7-8-10-21/h11-15,18-19,21H,7-10,16-17H2,1-6H3/q+1. The predicted octanol–water partition coefficient (Wildman–Crippen LogP) is 8.39. The van der Waals surface area contributed by atoms with Gasteiger partial charge in [-0.05, 0) is 66.0 Å². The maximum Gasteiger partial charge on any atom is 0.216 e. The van der Waals surface area contributed by atoms with E-state index >= 15 is 0 Å². The van der Waals surface area contributed by atoms with Crippen LogP contribution in [0, 0.1) is 6.92 Å². The Bertz CT molecular complexity index is 1430. The maximum absolute atomic E-state index is 6.95. The van der Waals surface area contributed by atoms with Gasteiger partial charge in [0.2, 0.25) is 5.69 Å². The molecule has 0 N–H and O–H groups in total. The molecule has 2 aromatic heterocycles. The summed E-state index contributed by atoms with van der Waals surface area (Å²) >= 11 is 0. The summed E-state index contributed by atoms with van der Waals surface area (Å²) in [6.07, 6.45) is 10.0. The maximum atomic E-state index is 6.95. The summed E-state index contributed by atoms with van der Waals surface area (Å²) in [4.78, 5) is 0. The molecule has 2 heteroatoms. The minimum atomic E-state index is 0.112. The first kappa shape index (κ1) is 21.9. The van der Waals surface area contributed by atoms with Crippen LogP contribution < -0.4 is 4.57 Å². The van der Waals surface area contributed by atoms with Crippen molar-refractivity contribution < 1.29 is 8.98 Å². The number of hydrogen-bond donors (Lipinski definition) is 0. The Morgan fingerprint density at radius 2 is 1.53 bits per heavy atom. The highest BCUT2D eigenvalue weighted by Crippen LogP contribution is 2.50. The van der Waals surface area contributed by atoms with E-state index in [1.165, 1.54) is 82.8 Å². The second kappa shape index (κ2) is 7.44. The Balaban J connectivity index is 1.65. The van der Waals surface area contributed by atoms with Crippen molar-refractivity contribution in [3.05, 3.63) is 64.8 Å². The van der Waals surface area contributed by atoms with Gasteiger partial charge in [-0.25, -0.2) is 4.57 Å². The van der Waals surface area contributed by atoms with Crippen molar-refractivity contribution >= 4 is 21.9 Å². The number of aryl methyl sites for hydroxylation is 2. The van der Waals surface area contributed by atoms with E-state index in [9.17, 15) is 0 Å². The van der Waals surface area contributed by atoms with Gasteiger partial charge in [-0.3, -0.25) is 0 Å². The SMILES string of the molecule is Cc1ccc2c(oc3c4c(ccc32)C(C)(C)CCC4(C)C)c1-c1cc(C2CCCC2)cc[n+]1C. The fraction of sp³-hybridized carbons (Fsp3) is 0.469. The zero-order valence-corrected chi connectivity index (χ0v) is 21.7. The van der Waals surface area contributed by atoms with Crippen LogP contribution in [0.15, 0.2) is 47.0 Å². The van der Waals surface area contributed by atoms with E-state index < -0.39 is 0 Å². The number of fused-ring (bicyclic) bond motifs is 5. The second-order valence-electron chi connectivity index (χ2n) is 12.3. The molecule has 0 radical (unpaired) electrons. The molecule has 0 bridgehead atoms. The average molecular weight is 453 g/mol. The Morgan fingerprint density at radius 3 is 2.29 bits per heavy atom. The molecule has 4 aromatic rings. The van der Waals surface area contributed by atoms with E-state index in [-0.39, 0.29) is 10.8 Å². The monoisotopic (exact) mass is 452 g/mol. The van der Waals surface area contributed by atoms with E-state index in [4.69, 9.17) is 4.42 Å². The summed E-state index contributed by atoms with van der Waals surface area (Å²) in [5, 5.41) is 2.50. The number of furan rings is 1. The first-order valence-corrected chi connectivity index (χ1v) is 13.2. The zero-order chi connectivity index (χ0) is 23.8. The van der Waals surface area contributed by atoms with Crippen LogP contribution in [0.5, 0.6) is 0 Å². The van der Waals surface area contributed by atoms with Crippen LogP contribution >= 0.6 is 0 Å². The molecule has 2 aliphatic carbocycles. The van der Waals surface area contributed by atoms with Crippen LogP contribution in [-0.2, 0) is 17.9 Å². The number of pyridine rings is 1. The first-order chi connectivity index (χ1) is 16.2. The van der Waals surface area contributed by atoms with Crippen molar-refractivity contribution in [1.29, 1.82) is 0 Å². The minimum Gasteiger partial charge on any atom is -0.455 e. The molecule has 2 aliphatic rings. The summed E-state index contributed by atoms with van der Waals surface area (Å²) in [7, 11) is 2.17. The van der Waals surface area contributed by atoms with Crippen molar-refractivity contribution in [3.8, 4) is 11.3 Å². The third-order valence-corrected chi connectivity index (χ3v) is 9.06. The van der Waals surface area contributed by atoms with Crippen LogP contribution in [0.25, 0.3) is 33.2 Å². The molecule has 34 heavy (non-hydrogen) atoms. The molecule has 0 unspecified atom stereocenters. The summed E-state index contributed by atoms with van der Waals surface area (Å²) in [6.45, 7) is 11.8. The number of nitrogens with zero attached hydrogens (tertiary/aromatic N) is 1. The quantitative estimate of drug-likeness (QED) is 0.279. The highest BCUT2D eigenvalue weighted by atomic mass is 16.3. The molecule has 0 amide bonds. The third-order valence-electron chi connectivity index (χ3n) is 9.06. The summed E-state index contributed by atoms with van der Waals surface area (Å²) in [6, 6.07) is 14.0. The molecule has 0 atom stereocenters. The Kier molecular flexibility index (Phi) is 4.79. The lowest BCUT2D eigenvalue weighted by molar-refractivity contribution is -0.660. The van der Waals surface area contributed by atoms with Crippen LogP contribution in [0.3, 0.4) is 0 Å². The van der Waals surface area contributed by atoms with E-state index in [1.54, 1.807) is 0 Å². The molecular formula is C32H38NO+. The van der Waals surface area contributed by atoms with Crippen LogP contribution in [0.1, 0.15) is 94.4 Å². The van der Waals surface area contributed by atoms with Crippen molar-refractivity contribution in [3.63, 3.8) is 0 Å². The van der Waals surface area contributed by atoms with E-state index in [1.807, 2.05) is 0 Å². The first-order valence-electron chi connectivity index (χ1n) is 13.2. The van der Waals surface area contributed by atoms with Crippen molar-refractivity contribution in [2.75, 3.05) is 0 Å². The molecule has 0 aliphatic heterocycles. The highest BCUT2D eigenvalue weighted by Gasteiger charge is 2.39. The third kappa shape index (κ3) is 3.17. The van der Waals surface area contributed by atoms with Gasteiger partial charge < -0.3 is 4.42 Å². The predicted molar refractivity (Wildman–Crippen MR) is 142 cm³/mol. The van der Waals surface area contributed by atoms with Gasteiger partial charge in [-0.1, -0.05) is 64.8 Å². The molecule has 2 nitrogen and oxygen atoms in total. The van der Waals surface area contributed by atoms with Gasteiger partial charge in [-0.2, -0.15) is 0 Å². The molecular weight excluding hydrogens is 414 g/mol. The molecule has 0 spiro atoms. The Labute approximate surface area is 204 Å². The highest BCUT2D eigenvalue weighted by molar-refractivity contribution is 6.11. The number of rotatable bonds is 2. The van der Waals surface area contributed by atoms with Gasteiger partial charge in [0.25, 0.3) is 0 Å². The largest absolute Gasteiger partial charge is 0.455 e. The zero-order valence-electron chi connectivity index (χ0n) is 21.7. The van der Waals surface area contributed by atoms with Crippen molar-refractivity contribution in [1.82, 2.24) is 0 Å². The summed E-state index contributed by atoms with van der Waals surface area (Å²) in [5.74, 6) is 0.699. The molecule has 2 heterocycles. The van der Waals surface area contributed by atoms with Gasteiger partial charge in [0.15, 0.2) is 6.20 Å². The van der Waals surface area contributed by atoms with Gasteiger partial charge in [-0.15, -0.1) is 0 Å². The van der Waals surface area contributed by atoms with Crippen LogP contribution in [0.4, 0.5) is 0 Å². The van der Waals surface area contributed by atoms with Gasteiger partial charge in [0.05, 0.1) is 5.56 Å². The summed E-state index contributed by atoms with van der Waals surface area (Å²) < 4.78 is 9.23. The van der Waals surface area contributed by atoms with E-state index in [2.05, 4.69) is 88.8 Å². The smallest absolute Gasteiger partial charge is 0.216 e. The lowest BCUT2D eigenvalue weighted by Gasteiger charge is -2.41. The van der Waals surface area contributed by atoms with E-state index in [0.717, 1.165) is 11.2 Å². The molecule has 6 rings (SSSR count). The van der Waals surface area contributed by atoms with Gasteiger partial charge in [0, 0.05) is 28.5 Å². The number of hydrogen-bond acceptors (Lipinski definition) is 1. The second-order valence-corrected chi connectivity index (χ2v) is 12.3. The Hall–Kier alpha value is -2.61. The lowest BCUT2D eigenvalue weighted by Crippen LogP contribution is -2.33. The topological polar surface area (TPSA) is 17.0 Å². The van der Waals surface area contributed by atoms with Crippen LogP contribution in [-0.4, -0.2) is 0 Å². The van der Waals surface area contributed by atoms with Gasteiger partial charge in [0.1, 0.15) is 18.2 Å². The molecule has 2 aromatic carbocycles. The number of benzene rings is 2.